The zero-order valence-corrected chi connectivity index (χ0v) is 10.8. The van der Waals surface area contributed by atoms with Gasteiger partial charge in [-0.15, -0.1) is 11.3 Å². The van der Waals surface area contributed by atoms with E-state index in [0.29, 0.717) is 10.9 Å². The molecule has 0 radical (unpaired) electrons. The average molecular weight is 275 g/mol. The monoisotopic (exact) mass is 275 g/mol. The summed E-state index contributed by atoms with van der Waals surface area (Å²) >= 11 is 1.51. The second-order valence-corrected chi connectivity index (χ2v) is 5.10. The summed E-state index contributed by atoms with van der Waals surface area (Å²) in [6.07, 6.45) is 4.68. The summed E-state index contributed by atoms with van der Waals surface area (Å²) in [4.78, 5) is 9.50. The molecule has 0 aliphatic heterocycles. The minimum absolute atomic E-state index is 0.361. The molecule has 7 heteroatoms. The SMILES string of the molecule is Cc1sc(Nc2ccc(F)cn2)nc1-c1cn[nH]c1. The predicted octanol–water partition coefficient (Wildman–Crippen LogP) is 3.12. The van der Waals surface area contributed by atoms with E-state index < -0.39 is 0 Å². The van der Waals surface area contributed by atoms with Gasteiger partial charge in [-0.2, -0.15) is 5.10 Å². The highest BCUT2D eigenvalue weighted by molar-refractivity contribution is 7.16. The van der Waals surface area contributed by atoms with Crippen molar-refractivity contribution in [3.05, 3.63) is 41.4 Å². The lowest BCUT2D eigenvalue weighted by Crippen LogP contribution is -1.92. The van der Waals surface area contributed by atoms with E-state index in [1.807, 2.05) is 6.92 Å². The Balaban J connectivity index is 1.87. The fraction of sp³-hybridized carbons (Fsp3) is 0.0833. The van der Waals surface area contributed by atoms with E-state index in [1.165, 1.54) is 23.6 Å². The van der Waals surface area contributed by atoms with Crippen molar-refractivity contribution in [3.63, 3.8) is 0 Å². The highest BCUT2D eigenvalue weighted by Gasteiger charge is 2.11. The molecular weight excluding hydrogens is 265 g/mol. The van der Waals surface area contributed by atoms with Crippen molar-refractivity contribution in [1.29, 1.82) is 0 Å². The van der Waals surface area contributed by atoms with Gasteiger partial charge in [-0.3, -0.25) is 5.10 Å². The Kier molecular flexibility index (Phi) is 2.96. The molecule has 0 fully saturated rings. The first-order chi connectivity index (χ1) is 9.22. The molecule has 0 bridgehead atoms. The molecule has 3 heterocycles. The van der Waals surface area contributed by atoms with Crippen LogP contribution in [0.5, 0.6) is 0 Å². The number of thiazole rings is 1. The normalized spacial score (nSPS) is 10.6. The minimum Gasteiger partial charge on any atom is -0.316 e. The number of rotatable bonds is 3. The van der Waals surface area contributed by atoms with Crippen LogP contribution in [0.15, 0.2) is 30.7 Å². The summed E-state index contributed by atoms with van der Waals surface area (Å²) in [6, 6.07) is 2.93. The van der Waals surface area contributed by atoms with Crippen molar-refractivity contribution in [3.8, 4) is 11.3 Å². The number of anilines is 2. The summed E-state index contributed by atoms with van der Waals surface area (Å²) in [5.41, 5.74) is 1.82. The molecule has 2 N–H and O–H groups in total. The van der Waals surface area contributed by atoms with Crippen LogP contribution in [0.2, 0.25) is 0 Å². The molecular formula is C12H10FN5S. The van der Waals surface area contributed by atoms with Crippen LogP contribution in [0.3, 0.4) is 0 Å². The Morgan fingerprint density at radius 1 is 1.32 bits per heavy atom. The van der Waals surface area contributed by atoms with Crippen molar-refractivity contribution < 1.29 is 4.39 Å². The van der Waals surface area contributed by atoms with Crippen molar-refractivity contribution in [1.82, 2.24) is 20.2 Å². The molecule has 19 heavy (non-hydrogen) atoms. The molecule has 0 aromatic carbocycles. The van der Waals surface area contributed by atoms with Gasteiger partial charge >= 0.3 is 0 Å². The second-order valence-electron chi connectivity index (χ2n) is 3.90. The number of pyridine rings is 1. The van der Waals surface area contributed by atoms with Gasteiger partial charge in [0.2, 0.25) is 0 Å². The number of nitrogens with zero attached hydrogens (tertiary/aromatic N) is 3. The third kappa shape index (κ3) is 2.45. The third-order valence-electron chi connectivity index (χ3n) is 2.53. The van der Waals surface area contributed by atoms with Gasteiger partial charge < -0.3 is 5.32 Å². The first kappa shape index (κ1) is 11.8. The van der Waals surface area contributed by atoms with E-state index in [-0.39, 0.29) is 5.82 Å². The highest BCUT2D eigenvalue weighted by atomic mass is 32.1. The molecule has 3 aromatic heterocycles. The predicted molar refractivity (Wildman–Crippen MR) is 71.9 cm³/mol. The Bertz CT molecular complexity index is 675. The maximum absolute atomic E-state index is 12.8. The lowest BCUT2D eigenvalue weighted by atomic mass is 10.2. The maximum atomic E-state index is 12.8. The van der Waals surface area contributed by atoms with Crippen LogP contribution >= 0.6 is 11.3 Å². The molecule has 5 nitrogen and oxygen atoms in total. The molecule has 0 amide bonds. The standard InChI is InChI=1S/C12H10FN5S/c1-7-11(8-4-15-16-5-8)18-12(19-7)17-10-3-2-9(13)6-14-10/h2-6H,1H3,(H,15,16)(H,14,17,18). The number of H-pyrrole nitrogens is 1. The number of aromatic amines is 1. The van der Waals surface area contributed by atoms with Crippen LogP contribution in [0, 0.1) is 12.7 Å². The van der Waals surface area contributed by atoms with E-state index >= 15 is 0 Å². The van der Waals surface area contributed by atoms with Gasteiger partial charge in [0.25, 0.3) is 0 Å². The largest absolute Gasteiger partial charge is 0.316 e. The van der Waals surface area contributed by atoms with Crippen LogP contribution in [-0.4, -0.2) is 20.2 Å². The number of nitrogens with one attached hydrogen (secondary N) is 2. The van der Waals surface area contributed by atoms with Gasteiger partial charge in [-0.25, -0.2) is 14.4 Å². The molecule has 3 rings (SSSR count). The summed E-state index contributed by atoms with van der Waals surface area (Å²) < 4.78 is 12.8. The molecule has 0 unspecified atom stereocenters. The van der Waals surface area contributed by atoms with E-state index in [1.54, 1.807) is 18.5 Å². The van der Waals surface area contributed by atoms with E-state index in [9.17, 15) is 4.39 Å². The zero-order chi connectivity index (χ0) is 13.2. The van der Waals surface area contributed by atoms with Gasteiger partial charge in [0, 0.05) is 16.6 Å². The number of hydrogen-bond acceptors (Lipinski definition) is 5. The van der Waals surface area contributed by atoms with Crippen LogP contribution in [-0.2, 0) is 0 Å². The summed E-state index contributed by atoms with van der Waals surface area (Å²) in [5.74, 6) is 0.203. The Hall–Kier alpha value is -2.28. The molecule has 0 aliphatic rings. The molecule has 0 atom stereocenters. The topological polar surface area (TPSA) is 66.5 Å². The third-order valence-corrected chi connectivity index (χ3v) is 3.42. The zero-order valence-electron chi connectivity index (χ0n) is 10.0. The summed E-state index contributed by atoms with van der Waals surface area (Å²) in [5, 5.41) is 10.4. The van der Waals surface area contributed by atoms with Crippen molar-refractivity contribution in [2.45, 2.75) is 6.92 Å². The number of hydrogen-bond donors (Lipinski definition) is 2. The fourth-order valence-electron chi connectivity index (χ4n) is 1.66. The van der Waals surface area contributed by atoms with E-state index in [2.05, 4.69) is 25.5 Å². The Labute approximate surface area is 112 Å². The smallest absolute Gasteiger partial charge is 0.189 e. The minimum atomic E-state index is -0.361. The van der Waals surface area contributed by atoms with Gasteiger partial charge in [-0.05, 0) is 19.1 Å². The summed E-state index contributed by atoms with van der Waals surface area (Å²) in [7, 11) is 0. The van der Waals surface area contributed by atoms with E-state index in [4.69, 9.17) is 0 Å². The van der Waals surface area contributed by atoms with Crippen molar-refractivity contribution >= 4 is 22.3 Å². The van der Waals surface area contributed by atoms with Gasteiger partial charge in [0.1, 0.15) is 11.6 Å². The molecule has 0 aliphatic carbocycles. The van der Waals surface area contributed by atoms with Crippen LogP contribution in [0.25, 0.3) is 11.3 Å². The van der Waals surface area contributed by atoms with Crippen molar-refractivity contribution in [2.75, 3.05) is 5.32 Å². The summed E-state index contributed by atoms with van der Waals surface area (Å²) in [6.45, 7) is 1.99. The Morgan fingerprint density at radius 2 is 2.21 bits per heavy atom. The highest BCUT2D eigenvalue weighted by Crippen LogP contribution is 2.30. The van der Waals surface area contributed by atoms with Gasteiger partial charge in [0.05, 0.1) is 18.1 Å². The van der Waals surface area contributed by atoms with Gasteiger partial charge in [-0.1, -0.05) is 0 Å². The lowest BCUT2D eigenvalue weighted by molar-refractivity contribution is 0.622. The maximum Gasteiger partial charge on any atom is 0.189 e. The Morgan fingerprint density at radius 3 is 2.89 bits per heavy atom. The lowest BCUT2D eigenvalue weighted by Gasteiger charge is -1.99. The molecule has 96 valence electrons. The van der Waals surface area contributed by atoms with Crippen LogP contribution in [0.1, 0.15) is 4.88 Å². The second kappa shape index (κ2) is 4.77. The first-order valence-electron chi connectivity index (χ1n) is 5.57. The van der Waals surface area contributed by atoms with E-state index in [0.717, 1.165) is 16.1 Å². The van der Waals surface area contributed by atoms with Crippen molar-refractivity contribution in [2.24, 2.45) is 0 Å². The van der Waals surface area contributed by atoms with Crippen LogP contribution < -0.4 is 5.32 Å². The van der Waals surface area contributed by atoms with Gasteiger partial charge in [0.15, 0.2) is 5.13 Å². The van der Waals surface area contributed by atoms with Crippen LogP contribution in [0.4, 0.5) is 15.3 Å². The quantitative estimate of drug-likeness (QED) is 0.770. The number of halogens is 1. The number of aromatic nitrogens is 4. The average Bonchev–Trinajstić information content (AvgIpc) is 3.01. The molecule has 0 saturated carbocycles. The molecule has 3 aromatic rings. The molecule has 0 saturated heterocycles. The first-order valence-corrected chi connectivity index (χ1v) is 6.39. The fourth-order valence-corrected chi connectivity index (χ4v) is 2.50. The molecule has 0 spiro atoms. The number of aryl methyl sites for hydroxylation is 1.